The molecule has 0 aromatic heterocycles. The Hall–Kier alpha value is -1.67. The van der Waals surface area contributed by atoms with Crippen molar-refractivity contribution in [1.29, 1.82) is 0 Å². The van der Waals surface area contributed by atoms with E-state index in [0.717, 1.165) is 50.9 Å². The van der Waals surface area contributed by atoms with Gasteiger partial charge in [-0.2, -0.15) is 0 Å². The van der Waals surface area contributed by atoms with Gasteiger partial charge in [0.2, 0.25) is 5.91 Å². The van der Waals surface area contributed by atoms with Crippen molar-refractivity contribution in [3.8, 4) is 0 Å². The molecule has 2 aliphatic heterocycles. The van der Waals surface area contributed by atoms with Crippen LogP contribution in [0.1, 0.15) is 62.6 Å². The molecule has 3 unspecified atom stereocenters. The summed E-state index contributed by atoms with van der Waals surface area (Å²) in [6, 6.07) is 13.8. The molecule has 2 aliphatic rings. The zero-order valence-electron chi connectivity index (χ0n) is 24.2. The zero-order valence-corrected chi connectivity index (χ0v) is 25.7. The van der Waals surface area contributed by atoms with Crippen LogP contribution in [0.2, 0.25) is 10.0 Å². The molecular weight excluding hydrogens is 543 g/mol. The van der Waals surface area contributed by atoms with Crippen molar-refractivity contribution in [2.75, 3.05) is 39.5 Å². The molecule has 2 saturated heterocycles. The maximum absolute atomic E-state index is 14.0. The molecule has 0 aliphatic carbocycles. The molecule has 0 bridgehead atoms. The van der Waals surface area contributed by atoms with Crippen LogP contribution in [0.3, 0.4) is 0 Å². The Morgan fingerprint density at radius 2 is 1.95 bits per heavy atom. The summed E-state index contributed by atoms with van der Waals surface area (Å²) in [6.07, 6.45) is 5.77. The minimum Gasteiger partial charge on any atom is -0.651 e. The standard InChI is InChI=1S/C32H45Cl2N4O2/c1-4-6-16-40-32(27-11-8-7-10-23(27)3)20-38(21-32)31(39)29(17-25-12-13-26(33)18-28(25)34)36-15-14-24(9-5-2)30-19-35-22-37-30/h7-8,10-13,18,24,29-30,35,37H,4-6,9,14-17,19-22H2,1-3H3/q-1. The van der Waals surface area contributed by atoms with Crippen LogP contribution in [0.25, 0.3) is 5.32 Å². The predicted molar refractivity (Wildman–Crippen MR) is 165 cm³/mol. The quantitative estimate of drug-likeness (QED) is 0.234. The fourth-order valence-corrected chi connectivity index (χ4v) is 6.53. The first-order valence-corrected chi connectivity index (χ1v) is 15.7. The Balaban J connectivity index is 1.48. The zero-order chi connectivity index (χ0) is 28.5. The number of rotatable bonds is 15. The SMILES string of the molecule is CCCCOC1(c2ccccc2C)CN(C(=O)C(Cc2ccc(Cl)cc2Cl)[N-]CCC(CCC)C2CNCN2)C1. The highest BCUT2D eigenvalue weighted by Crippen LogP contribution is 2.39. The lowest BCUT2D eigenvalue weighted by Gasteiger charge is -2.52. The van der Waals surface area contributed by atoms with Crippen molar-refractivity contribution in [3.05, 3.63) is 74.5 Å². The van der Waals surface area contributed by atoms with E-state index in [1.807, 2.05) is 23.1 Å². The van der Waals surface area contributed by atoms with Crippen molar-refractivity contribution in [2.24, 2.45) is 5.92 Å². The second-order valence-electron chi connectivity index (χ2n) is 11.3. The Morgan fingerprint density at radius 1 is 1.15 bits per heavy atom. The van der Waals surface area contributed by atoms with Gasteiger partial charge < -0.3 is 25.6 Å². The van der Waals surface area contributed by atoms with Crippen LogP contribution in [0, 0.1) is 12.8 Å². The van der Waals surface area contributed by atoms with E-state index >= 15 is 0 Å². The van der Waals surface area contributed by atoms with E-state index in [1.54, 1.807) is 6.07 Å². The normalized spacial score (nSPS) is 19.8. The van der Waals surface area contributed by atoms with Crippen LogP contribution in [0.5, 0.6) is 0 Å². The first kappa shape index (κ1) is 31.3. The molecule has 0 radical (unpaired) electrons. The summed E-state index contributed by atoms with van der Waals surface area (Å²) < 4.78 is 6.51. The molecular formula is C32H45Cl2N4O2-. The highest BCUT2D eigenvalue weighted by Gasteiger charge is 2.48. The van der Waals surface area contributed by atoms with Crippen molar-refractivity contribution in [3.63, 3.8) is 0 Å². The monoisotopic (exact) mass is 587 g/mol. The third-order valence-electron chi connectivity index (χ3n) is 8.36. The molecule has 6 nitrogen and oxygen atoms in total. The van der Waals surface area contributed by atoms with E-state index in [0.29, 0.717) is 54.7 Å². The number of likely N-dealkylation sites (tertiary alicyclic amines) is 1. The van der Waals surface area contributed by atoms with Gasteiger partial charge in [-0.25, -0.2) is 0 Å². The Morgan fingerprint density at radius 3 is 2.62 bits per heavy atom. The van der Waals surface area contributed by atoms with Crippen molar-refractivity contribution < 1.29 is 9.53 Å². The topological polar surface area (TPSA) is 67.7 Å². The van der Waals surface area contributed by atoms with Crippen LogP contribution in [-0.4, -0.2) is 62.3 Å². The number of ether oxygens (including phenoxy) is 1. The van der Waals surface area contributed by atoms with Gasteiger partial charge in [-0.3, -0.25) is 4.79 Å². The average molecular weight is 589 g/mol. The molecule has 1 amide bonds. The minimum absolute atomic E-state index is 0.0435. The molecule has 2 heterocycles. The van der Waals surface area contributed by atoms with E-state index in [1.165, 1.54) is 11.1 Å². The number of aryl methyl sites for hydroxylation is 1. The van der Waals surface area contributed by atoms with Gasteiger partial charge in [0.1, 0.15) is 5.60 Å². The van der Waals surface area contributed by atoms with E-state index in [9.17, 15) is 4.79 Å². The van der Waals surface area contributed by atoms with Crippen molar-refractivity contribution >= 4 is 29.1 Å². The van der Waals surface area contributed by atoms with Crippen LogP contribution in [0.4, 0.5) is 0 Å². The molecule has 4 rings (SSSR count). The van der Waals surface area contributed by atoms with Crippen LogP contribution in [-0.2, 0) is 21.6 Å². The lowest BCUT2D eigenvalue weighted by atomic mass is 9.82. The smallest absolute Gasteiger partial charge is 0.205 e. The fourth-order valence-electron chi connectivity index (χ4n) is 6.05. The molecule has 2 fully saturated rings. The van der Waals surface area contributed by atoms with Crippen molar-refractivity contribution in [1.82, 2.24) is 15.5 Å². The fraction of sp³-hybridized carbons (Fsp3) is 0.594. The largest absolute Gasteiger partial charge is 0.651 e. The first-order valence-electron chi connectivity index (χ1n) is 14.9. The number of amides is 1. The van der Waals surface area contributed by atoms with Gasteiger partial charge in [0.05, 0.1) is 13.1 Å². The number of carbonyl (C=O) groups excluding carboxylic acids is 1. The predicted octanol–water partition coefficient (Wildman–Crippen LogP) is 6.47. The second-order valence-corrected chi connectivity index (χ2v) is 12.2. The van der Waals surface area contributed by atoms with Gasteiger partial charge in [0, 0.05) is 35.9 Å². The summed E-state index contributed by atoms with van der Waals surface area (Å²) in [5.41, 5.74) is 2.79. The van der Waals surface area contributed by atoms with Crippen molar-refractivity contribution in [2.45, 2.75) is 77.0 Å². The number of hydrogen-bond acceptors (Lipinski definition) is 4. The molecule has 3 atom stereocenters. The molecule has 2 aromatic carbocycles. The maximum atomic E-state index is 14.0. The van der Waals surface area contributed by atoms with Crippen LogP contribution < -0.4 is 10.6 Å². The Labute approximate surface area is 250 Å². The summed E-state index contributed by atoms with van der Waals surface area (Å²) >= 11 is 12.7. The molecule has 40 heavy (non-hydrogen) atoms. The number of unbranched alkanes of at least 4 members (excludes halogenated alkanes) is 1. The molecule has 8 heteroatoms. The van der Waals surface area contributed by atoms with E-state index in [2.05, 4.69) is 49.6 Å². The van der Waals surface area contributed by atoms with E-state index in [-0.39, 0.29) is 5.91 Å². The summed E-state index contributed by atoms with van der Waals surface area (Å²) in [5, 5.41) is 13.2. The van der Waals surface area contributed by atoms with Gasteiger partial charge in [-0.05, 0) is 60.9 Å². The Kier molecular flexibility index (Phi) is 11.7. The lowest BCUT2D eigenvalue weighted by Crippen LogP contribution is -2.64. The number of nitrogens with zero attached hydrogens (tertiary/aromatic N) is 2. The Bertz CT molecular complexity index is 1100. The van der Waals surface area contributed by atoms with E-state index in [4.69, 9.17) is 33.3 Å². The summed E-state index contributed by atoms with van der Waals surface area (Å²) in [6.45, 7) is 10.8. The van der Waals surface area contributed by atoms with E-state index < -0.39 is 11.6 Å². The molecule has 2 aromatic rings. The van der Waals surface area contributed by atoms with Crippen LogP contribution >= 0.6 is 23.2 Å². The molecule has 0 saturated carbocycles. The molecule has 0 spiro atoms. The number of halogens is 2. The number of nitrogens with one attached hydrogen (secondary N) is 2. The summed E-state index contributed by atoms with van der Waals surface area (Å²) in [7, 11) is 0. The van der Waals surface area contributed by atoms with Crippen LogP contribution in [0.15, 0.2) is 42.5 Å². The van der Waals surface area contributed by atoms with Gasteiger partial charge in [0.25, 0.3) is 0 Å². The number of carbonyl (C=O) groups is 1. The highest BCUT2D eigenvalue weighted by molar-refractivity contribution is 6.35. The van der Waals surface area contributed by atoms with Gasteiger partial charge in [-0.1, -0.05) is 92.7 Å². The highest BCUT2D eigenvalue weighted by atomic mass is 35.5. The minimum atomic E-state index is -0.499. The number of hydrogen-bond donors (Lipinski definition) is 2. The lowest BCUT2D eigenvalue weighted by molar-refractivity contribution is -0.173. The number of benzene rings is 2. The third kappa shape index (κ3) is 7.78. The third-order valence-corrected chi connectivity index (χ3v) is 8.95. The first-order chi connectivity index (χ1) is 19.4. The van der Waals surface area contributed by atoms with Gasteiger partial charge >= 0.3 is 0 Å². The summed E-state index contributed by atoms with van der Waals surface area (Å²) in [4.78, 5) is 15.9. The van der Waals surface area contributed by atoms with Gasteiger partial charge in [-0.15, -0.1) is 6.54 Å². The molecule has 2 N–H and O–H groups in total. The molecule has 220 valence electrons. The maximum Gasteiger partial charge on any atom is 0.205 e. The second kappa shape index (κ2) is 15.0. The average Bonchev–Trinajstić information content (AvgIpc) is 3.45. The summed E-state index contributed by atoms with van der Waals surface area (Å²) in [5.74, 6) is 0.574. The van der Waals surface area contributed by atoms with Gasteiger partial charge in [0.15, 0.2) is 0 Å².